The minimum Gasteiger partial charge on any atom is -0.470 e. The second kappa shape index (κ2) is 6.42. The monoisotopic (exact) mass is 309 g/mol. The Kier molecular flexibility index (Phi) is 4.81. The molecule has 0 saturated carbocycles. The number of β-amino-alcohol motifs (C(OH)–C–C–N with tert-alkyl or cyclic N) is 1. The van der Waals surface area contributed by atoms with Crippen LogP contribution in [0.3, 0.4) is 0 Å². The van der Waals surface area contributed by atoms with Crippen LogP contribution in [-0.2, 0) is 0 Å². The summed E-state index contributed by atoms with van der Waals surface area (Å²) in [4.78, 5) is 9.47. The molecule has 0 aromatic carbocycles. The molecule has 1 fully saturated rings. The predicted octanol–water partition coefficient (Wildman–Crippen LogP) is 1.72. The number of rotatable bonds is 5. The number of hydrogen-bond donors (Lipinski definition) is 1. The van der Waals surface area contributed by atoms with Gasteiger partial charge >= 0.3 is 12.3 Å². The van der Waals surface area contributed by atoms with Crippen LogP contribution >= 0.6 is 0 Å². The van der Waals surface area contributed by atoms with Gasteiger partial charge in [-0.05, 0) is 12.8 Å². The molecule has 1 aliphatic heterocycles. The number of aromatic nitrogens is 2. The SMILES string of the molecule is O[C@H]1CCCN(c2cncc(OCC(F)(F)C(F)F)n2)C1. The van der Waals surface area contributed by atoms with Gasteiger partial charge < -0.3 is 14.7 Å². The number of piperidine rings is 1. The van der Waals surface area contributed by atoms with Gasteiger partial charge in [-0.3, -0.25) is 4.98 Å². The highest BCUT2D eigenvalue weighted by atomic mass is 19.3. The van der Waals surface area contributed by atoms with Gasteiger partial charge in [0, 0.05) is 13.1 Å². The van der Waals surface area contributed by atoms with E-state index in [0.717, 1.165) is 12.6 Å². The molecule has 118 valence electrons. The van der Waals surface area contributed by atoms with Gasteiger partial charge in [-0.15, -0.1) is 0 Å². The Morgan fingerprint density at radius 3 is 2.86 bits per heavy atom. The van der Waals surface area contributed by atoms with Crippen molar-refractivity contribution in [2.45, 2.75) is 31.3 Å². The van der Waals surface area contributed by atoms with E-state index in [0.29, 0.717) is 25.3 Å². The topological polar surface area (TPSA) is 58.5 Å². The molecule has 9 heteroatoms. The van der Waals surface area contributed by atoms with Crippen LogP contribution < -0.4 is 9.64 Å². The van der Waals surface area contributed by atoms with Crippen molar-refractivity contribution in [3.05, 3.63) is 12.4 Å². The molecule has 1 atom stereocenters. The van der Waals surface area contributed by atoms with E-state index in [2.05, 4.69) is 14.7 Å². The molecule has 2 heterocycles. The second-order valence-electron chi connectivity index (χ2n) is 4.81. The van der Waals surface area contributed by atoms with Crippen LogP contribution in [0.25, 0.3) is 0 Å². The summed E-state index contributed by atoms with van der Waals surface area (Å²) >= 11 is 0. The zero-order chi connectivity index (χ0) is 15.5. The van der Waals surface area contributed by atoms with Crippen LogP contribution in [0, 0.1) is 0 Å². The van der Waals surface area contributed by atoms with E-state index in [9.17, 15) is 22.7 Å². The number of aliphatic hydroxyl groups is 1. The van der Waals surface area contributed by atoms with Gasteiger partial charge in [-0.1, -0.05) is 0 Å². The highest BCUT2D eigenvalue weighted by molar-refractivity contribution is 5.38. The van der Waals surface area contributed by atoms with Crippen molar-refractivity contribution >= 4 is 5.82 Å². The first-order valence-corrected chi connectivity index (χ1v) is 6.42. The largest absolute Gasteiger partial charge is 0.470 e. The average Bonchev–Trinajstić information content (AvgIpc) is 2.45. The molecule has 1 aromatic heterocycles. The third-order valence-corrected chi connectivity index (χ3v) is 3.05. The summed E-state index contributed by atoms with van der Waals surface area (Å²) in [7, 11) is 0. The summed E-state index contributed by atoms with van der Waals surface area (Å²) < 4.78 is 54.2. The van der Waals surface area contributed by atoms with E-state index in [4.69, 9.17) is 0 Å². The molecule has 0 radical (unpaired) electrons. The number of anilines is 1. The third kappa shape index (κ3) is 4.16. The number of nitrogens with zero attached hydrogens (tertiary/aromatic N) is 3. The molecule has 21 heavy (non-hydrogen) atoms. The molecule has 1 saturated heterocycles. The van der Waals surface area contributed by atoms with Crippen molar-refractivity contribution in [3.63, 3.8) is 0 Å². The molecular weight excluding hydrogens is 294 g/mol. The lowest BCUT2D eigenvalue weighted by molar-refractivity contribution is -0.148. The fourth-order valence-corrected chi connectivity index (χ4v) is 1.96. The minimum atomic E-state index is -4.24. The number of aliphatic hydroxyl groups excluding tert-OH is 1. The summed E-state index contributed by atoms with van der Waals surface area (Å²) in [5, 5.41) is 9.58. The lowest BCUT2D eigenvalue weighted by Crippen LogP contribution is -2.38. The first kappa shape index (κ1) is 15.7. The quantitative estimate of drug-likeness (QED) is 0.839. The van der Waals surface area contributed by atoms with E-state index in [1.54, 1.807) is 4.90 Å². The Morgan fingerprint density at radius 1 is 1.43 bits per heavy atom. The van der Waals surface area contributed by atoms with Gasteiger partial charge in [0.15, 0.2) is 12.4 Å². The third-order valence-electron chi connectivity index (χ3n) is 3.05. The Hall–Kier alpha value is -1.64. The summed E-state index contributed by atoms with van der Waals surface area (Å²) in [5.74, 6) is -4.14. The Morgan fingerprint density at radius 2 is 2.19 bits per heavy atom. The zero-order valence-corrected chi connectivity index (χ0v) is 11.1. The maximum Gasteiger partial charge on any atom is 0.340 e. The highest BCUT2D eigenvalue weighted by Gasteiger charge is 2.41. The Bertz CT molecular complexity index is 476. The number of halogens is 4. The van der Waals surface area contributed by atoms with Gasteiger partial charge in [0.2, 0.25) is 5.88 Å². The number of alkyl halides is 4. The van der Waals surface area contributed by atoms with Gasteiger partial charge in [-0.25, -0.2) is 8.78 Å². The second-order valence-corrected chi connectivity index (χ2v) is 4.81. The lowest BCUT2D eigenvalue weighted by Gasteiger charge is -2.30. The van der Waals surface area contributed by atoms with Crippen LogP contribution in [0.4, 0.5) is 23.4 Å². The van der Waals surface area contributed by atoms with Crippen molar-refractivity contribution in [2.75, 3.05) is 24.6 Å². The normalized spacial score (nSPS) is 19.9. The van der Waals surface area contributed by atoms with E-state index < -0.39 is 25.1 Å². The van der Waals surface area contributed by atoms with E-state index >= 15 is 0 Å². The first-order chi connectivity index (χ1) is 9.88. The molecule has 0 spiro atoms. The molecule has 1 N–H and O–H groups in total. The molecule has 0 amide bonds. The van der Waals surface area contributed by atoms with Crippen molar-refractivity contribution in [3.8, 4) is 5.88 Å². The molecule has 2 rings (SSSR count). The molecule has 0 bridgehead atoms. The summed E-state index contributed by atoms with van der Waals surface area (Å²) in [5.41, 5.74) is 0. The zero-order valence-electron chi connectivity index (χ0n) is 11.1. The number of ether oxygens (including phenoxy) is 1. The summed E-state index contributed by atoms with van der Waals surface area (Å²) in [6, 6.07) is 0. The van der Waals surface area contributed by atoms with Gasteiger partial charge in [-0.2, -0.15) is 13.8 Å². The Balaban J connectivity index is 2.01. The van der Waals surface area contributed by atoms with E-state index in [-0.39, 0.29) is 5.88 Å². The van der Waals surface area contributed by atoms with E-state index in [1.807, 2.05) is 0 Å². The highest BCUT2D eigenvalue weighted by Crippen LogP contribution is 2.24. The van der Waals surface area contributed by atoms with Gasteiger partial charge in [0.05, 0.1) is 18.5 Å². The molecule has 1 aliphatic rings. The van der Waals surface area contributed by atoms with Crippen molar-refractivity contribution in [2.24, 2.45) is 0 Å². The van der Waals surface area contributed by atoms with E-state index in [1.165, 1.54) is 6.20 Å². The maximum atomic E-state index is 12.8. The molecule has 5 nitrogen and oxygen atoms in total. The maximum absolute atomic E-state index is 12.8. The lowest BCUT2D eigenvalue weighted by atomic mass is 10.1. The fraction of sp³-hybridized carbons (Fsp3) is 0.667. The van der Waals surface area contributed by atoms with Crippen molar-refractivity contribution in [1.82, 2.24) is 9.97 Å². The first-order valence-electron chi connectivity index (χ1n) is 6.42. The predicted molar refractivity (Wildman–Crippen MR) is 65.9 cm³/mol. The van der Waals surface area contributed by atoms with Crippen LogP contribution in [0.2, 0.25) is 0 Å². The standard InChI is InChI=1S/C12H15F4N3O2/c13-11(14)12(15,16)7-21-10-5-17-4-9(18-10)19-3-1-2-8(20)6-19/h4-5,8,11,20H,1-3,6-7H2/t8-/m0/s1. The van der Waals surface area contributed by atoms with Gasteiger partial charge in [0.25, 0.3) is 0 Å². The Labute approximate surface area is 118 Å². The summed E-state index contributed by atoms with van der Waals surface area (Å²) in [6.07, 6.45) is -0.376. The minimum absolute atomic E-state index is 0.257. The van der Waals surface area contributed by atoms with Gasteiger partial charge in [0.1, 0.15) is 0 Å². The molecule has 0 unspecified atom stereocenters. The molecule has 1 aromatic rings. The molecular formula is C12H15F4N3O2. The van der Waals surface area contributed by atoms with Crippen LogP contribution in [0.15, 0.2) is 12.4 Å². The fourth-order valence-electron chi connectivity index (χ4n) is 1.96. The van der Waals surface area contributed by atoms with Crippen LogP contribution in [-0.4, -0.2) is 53.2 Å². The summed E-state index contributed by atoms with van der Waals surface area (Å²) in [6.45, 7) is -0.473. The van der Waals surface area contributed by atoms with Crippen molar-refractivity contribution < 1.29 is 27.4 Å². The smallest absolute Gasteiger partial charge is 0.340 e. The number of hydrogen-bond acceptors (Lipinski definition) is 5. The van der Waals surface area contributed by atoms with Crippen LogP contribution in [0.5, 0.6) is 5.88 Å². The molecule has 0 aliphatic carbocycles. The van der Waals surface area contributed by atoms with Crippen LogP contribution in [0.1, 0.15) is 12.8 Å². The average molecular weight is 309 g/mol. The van der Waals surface area contributed by atoms with Crippen molar-refractivity contribution in [1.29, 1.82) is 0 Å².